The second kappa shape index (κ2) is 11.8. The molecule has 0 aliphatic carbocycles. The Hall–Kier alpha value is -3.76. The molecule has 9 heteroatoms. The smallest absolute Gasteiger partial charge is 0.178 e. The number of aliphatic hydroxyl groups is 1. The molecule has 2 atom stereocenters. The summed E-state index contributed by atoms with van der Waals surface area (Å²) in [5.41, 5.74) is 3.68. The van der Waals surface area contributed by atoms with E-state index in [2.05, 4.69) is 27.1 Å². The number of aromatic nitrogens is 2. The van der Waals surface area contributed by atoms with E-state index in [0.717, 1.165) is 69.7 Å². The van der Waals surface area contributed by atoms with E-state index < -0.39 is 12.3 Å². The Kier molecular flexibility index (Phi) is 7.79. The predicted octanol–water partition coefficient (Wildman–Crippen LogP) is 5.53. The van der Waals surface area contributed by atoms with Gasteiger partial charge < -0.3 is 19.1 Å². The number of fused-ring (bicyclic) bond motifs is 1. The van der Waals surface area contributed by atoms with Crippen molar-refractivity contribution in [3.63, 3.8) is 0 Å². The van der Waals surface area contributed by atoms with Gasteiger partial charge >= 0.3 is 0 Å². The summed E-state index contributed by atoms with van der Waals surface area (Å²) in [5.74, 6) is 2.28. The molecule has 1 aliphatic rings. The van der Waals surface area contributed by atoms with Crippen molar-refractivity contribution < 1.29 is 19.1 Å². The van der Waals surface area contributed by atoms with Crippen LogP contribution in [-0.4, -0.2) is 70.7 Å². The number of para-hydroxylation sites is 1. The van der Waals surface area contributed by atoms with Crippen LogP contribution < -0.4 is 9.47 Å². The number of aliphatic hydroxyl groups excluding tert-OH is 1. The maximum Gasteiger partial charge on any atom is 0.178 e. The highest BCUT2D eigenvalue weighted by atomic mass is 32.1. The lowest BCUT2D eigenvalue weighted by Crippen LogP contribution is -2.55. The normalized spacial score (nSPS) is 16.2. The van der Waals surface area contributed by atoms with Crippen molar-refractivity contribution in [3.05, 3.63) is 84.6 Å². The molecule has 1 aliphatic heterocycles. The molecule has 1 unspecified atom stereocenters. The Morgan fingerprint density at radius 3 is 2.52 bits per heavy atom. The number of benzene rings is 3. The lowest BCUT2D eigenvalue weighted by atomic mass is 10.1. The second-order valence-corrected chi connectivity index (χ2v) is 11.0. The van der Waals surface area contributed by atoms with Crippen molar-refractivity contribution in [2.24, 2.45) is 0 Å². The van der Waals surface area contributed by atoms with E-state index in [0.29, 0.717) is 12.3 Å². The van der Waals surface area contributed by atoms with E-state index in [1.807, 2.05) is 66.7 Å². The molecule has 5 aromatic rings. The molecule has 0 radical (unpaired) electrons. The molecule has 2 aromatic heterocycles. The predicted molar refractivity (Wildman–Crippen MR) is 156 cm³/mol. The van der Waals surface area contributed by atoms with Crippen LogP contribution in [0.3, 0.4) is 0 Å². The first kappa shape index (κ1) is 26.5. The minimum Gasteiger partial charge on any atom is -0.496 e. The number of nitrogens with zero attached hydrogens (tertiary/aromatic N) is 4. The number of hydrogen-bond donors (Lipinski definition) is 1. The van der Waals surface area contributed by atoms with Gasteiger partial charge in [0.25, 0.3) is 0 Å². The molecule has 3 heterocycles. The summed E-state index contributed by atoms with van der Waals surface area (Å²) in [6, 6.07) is 25.9. The largest absolute Gasteiger partial charge is 0.496 e. The quantitative estimate of drug-likeness (QED) is 0.254. The van der Waals surface area contributed by atoms with Gasteiger partial charge in [-0.15, -0.1) is 11.3 Å². The van der Waals surface area contributed by atoms with Gasteiger partial charge in [0.1, 0.15) is 28.3 Å². The van der Waals surface area contributed by atoms with Crippen LogP contribution in [0, 0.1) is 0 Å². The minimum atomic E-state index is -0.657. The van der Waals surface area contributed by atoms with Gasteiger partial charge in [-0.3, -0.25) is 9.80 Å². The molecule has 0 saturated carbocycles. The van der Waals surface area contributed by atoms with Crippen molar-refractivity contribution in [1.82, 2.24) is 19.9 Å². The van der Waals surface area contributed by atoms with E-state index in [-0.39, 0.29) is 0 Å². The lowest BCUT2D eigenvalue weighted by Gasteiger charge is -2.39. The number of methoxy groups -OCH3 is 1. The van der Waals surface area contributed by atoms with E-state index in [9.17, 15) is 5.11 Å². The highest BCUT2D eigenvalue weighted by molar-refractivity contribution is 7.21. The molecule has 1 saturated heterocycles. The fraction of sp³-hybridized carbons (Fsp3) is 0.290. The van der Waals surface area contributed by atoms with E-state index in [4.69, 9.17) is 19.0 Å². The zero-order chi connectivity index (χ0) is 27.5. The third kappa shape index (κ3) is 5.73. The van der Waals surface area contributed by atoms with Gasteiger partial charge in [-0.1, -0.05) is 47.6 Å². The first-order valence-corrected chi connectivity index (χ1v) is 14.2. The van der Waals surface area contributed by atoms with Crippen molar-refractivity contribution in [2.75, 3.05) is 33.3 Å². The Balaban J connectivity index is 1.08. The van der Waals surface area contributed by atoms with Crippen molar-refractivity contribution in [2.45, 2.75) is 25.8 Å². The molecular weight excluding hydrogens is 524 g/mol. The number of hydrogen-bond acceptors (Lipinski definition) is 9. The monoisotopic (exact) mass is 556 g/mol. The van der Waals surface area contributed by atoms with Gasteiger partial charge in [0.05, 0.1) is 23.9 Å². The average Bonchev–Trinajstić information content (AvgIpc) is 3.64. The second-order valence-electron chi connectivity index (χ2n) is 9.95. The van der Waals surface area contributed by atoms with E-state index in [1.54, 1.807) is 25.4 Å². The van der Waals surface area contributed by atoms with Crippen LogP contribution in [0.1, 0.15) is 12.7 Å². The molecular formula is C31H32N4O4S. The number of ether oxygens (including phenoxy) is 2. The average molecular weight is 557 g/mol. The number of rotatable bonds is 9. The molecule has 6 rings (SSSR count). The van der Waals surface area contributed by atoms with Gasteiger partial charge in [-0.2, -0.15) is 0 Å². The highest BCUT2D eigenvalue weighted by Crippen LogP contribution is 2.33. The molecule has 206 valence electrons. The number of piperazine rings is 1. The van der Waals surface area contributed by atoms with Crippen molar-refractivity contribution in [1.29, 1.82) is 0 Å². The van der Waals surface area contributed by atoms with Crippen LogP contribution in [0.4, 0.5) is 0 Å². The molecule has 40 heavy (non-hydrogen) atoms. The first-order valence-electron chi connectivity index (χ1n) is 13.4. The Bertz CT molecular complexity index is 1560. The van der Waals surface area contributed by atoms with Gasteiger partial charge in [0.2, 0.25) is 0 Å². The summed E-state index contributed by atoms with van der Waals surface area (Å²) in [5, 5.41) is 15.9. The van der Waals surface area contributed by atoms with Crippen LogP contribution in [0.2, 0.25) is 0 Å². The third-order valence-corrected chi connectivity index (χ3v) is 8.22. The zero-order valence-electron chi connectivity index (χ0n) is 22.6. The maximum atomic E-state index is 10.6. The van der Waals surface area contributed by atoms with Gasteiger partial charge in [-0.25, -0.2) is 4.98 Å². The van der Waals surface area contributed by atoms with Gasteiger partial charge in [-0.05, 0) is 31.2 Å². The van der Waals surface area contributed by atoms with Crippen LogP contribution in [-0.2, 0) is 6.54 Å². The molecule has 0 amide bonds. The summed E-state index contributed by atoms with van der Waals surface area (Å²) < 4.78 is 18.6. The van der Waals surface area contributed by atoms with Crippen LogP contribution in [0.5, 0.6) is 11.5 Å². The van der Waals surface area contributed by atoms with Crippen LogP contribution in [0.25, 0.3) is 32.0 Å². The summed E-state index contributed by atoms with van der Waals surface area (Å²) in [7, 11) is 1.66. The summed E-state index contributed by atoms with van der Waals surface area (Å²) in [4.78, 5) is 9.35. The first-order chi connectivity index (χ1) is 19.6. The SMILES string of the molecule is COc1ccccc1-c1cc(CN2CCN(C(Oc3ccc4sc(-c5ccccc5)nc4c3)[C@@H](C)O)CC2)on1. The standard InChI is InChI=1S/C31H32N4O4S/c1-21(36)31(38-23-12-13-29-27(18-23)32-30(40-29)22-8-4-3-5-9-22)35-16-14-34(15-17-35)20-24-19-26(33-39-24)25-10-6-7-11-28(25)37-2/h3-13,18-19,21,31,36H,14-17,20H2,1-2H3/t21-,31?/m1/s1. The molecule has 0 spiro atoms. The summed E-state index contributed by atoms with van der Waals surface area (Å²) >= 11 is 1.66. The molecule has 8 nitrogen and oxygen atoms in total. The van der Waals surface area contributed by atoms with Gasteiger partial charge in [0, 0.05) is 49.4 Å². The highest BCUT2D eigenvalue weighted by Gasteiger charge is 2.29. The Morgan fingerprint density at radius 2 is 1.75 bits per heavy atom. The maximum absolute atomic E-state index is 10.6. The lowest BCUT2D eigenvalue weighted by molar-refractivity contribution is -0.0756. The van der Waals surface area contributed by atoms with E-state index >= 15 is 0 Å². The van der Waals surface area contributed by atoms with Crippen molar-refractivity contribution >= 4 is 21.6 Å². The summed E-state index contributed by atoms with van der Waals surface area (Å²) in [6.45, 7) is 5.62. The molecule has 3 aromatic carbocycles. The molecule has 1 N–H and O–H groups in total. The Morgan fingerprint density at radius 1 is 0.975 bits per heavy atom. The Labute approximate surface area is 237 Å². The van der Waals surface area contributed by atoms with Gasteiger partial charge in [0.15, 0.2) is 12.0 Å². The van der Waals surface area contributed by atoms with Crippen LogP contribution >= 0.6 is 11.3 Å². The van der Waals surface area contributed by atoms with E-state index in [1.165, 1.54) is 0 Å². The zero-order valence-corrected chi connectivity index (χ0v) is 23.4. The summed E-state index contributed by atoms with van der Waals surface area (Å²) in [6.07, 6.45) is -1.11. The minimum absolute atomic E-state index is 0.450. The van der Waals surface area contributed by atoms with Crippen LogP contribution in [0.15, 0.2) is 83.4 Å². The fourth-order valence-corrected chi connectivity index (χ4v) is 6.02. The molecule has 1 fully saturated rings. The molecule has 0 bridgehead atoms. The topological polar surface area (TPSA) is 84.1 Å². The number of thiazole rings is 1. The fourth-order valence-electron chi connectivity index (χ4n) is 5.07. The third-order valence-electron chi connectivity index (χ3n) is 7.14. The van der Waals surface area contributed by atoms with Crippen molar-refractivity contribution in [3.8, 4) is 33.3 Å².